The number of para-hydroxylation sites is 1. The molecule has 0 spiro atoms. The van der Waals surface area contributed by atoms with Crippen LogP contribution in [0.2, 0.25) is 0 Å². The molecule has 7 heteroatoms. The van der Waals surface area contributed by atoms with E-state index in [9.17, 15) is 22.7 Å². The molecule has 1 aromatic rings. The molecule has 1 fully saturated rings. The highest BCUT2D eigenvalue weighted by molar-refractivity contribution is 5.37. The van der Waals surface area contributed by atoms with Crippen LogP contribution >= 0.6 is 0 Å². The summed E-state index contributed by atoms with van der Waals surface area (Å²) < 4.78 is 54.4. The zero-order valence-corrected chi connectivity index (χ0v) is 10.5. The molecule has 0 saturated heterocycles. The summed E-state index contributed by atoms with van der Waals surface area (Å²) in [6.45, 7) is 0. The molecular weight excluding hydrogens is 278 g/mol. The van der Waals surface area contributed by atoms with Gasteiger partial charge in [0.1, 0.15) is 5.75 Å². The van der Waals surface area contributed by atoms with Gasteiger partial charge in [0.25, 0.3) is 0 Å². The number of benzene rings is 1. The highest BCUT2D eigenvalue weighted by Gasteiger charge is 2.45. The van der Waals surface area contributed by atoms with E-state index in [4.69, 9.17) is 5.73 Å². The summed E-state index contributed by atoms with van der Waals surface area (Å²) in [7, 11) is 0. The molecule has 0 heterocycles. The fourth-order valence-corrected chi connectivity index (χ4v) is 1.95. The SMILES string of the molecule is N[C@H](c1ccccc1OC(F)(F)C(F)F)[C@@H](O)C1CC1. The van der Waals surface area contributed by atoms with E-state index < -0.39 is 30.4 Å². The van der Waals surface area contributed by atoms with E-state index >= 15 is 0 Å². The summed E-state index contributed by atoms with van der Waals surface area (Å²) in [4.78, 5) is 0. The summed E-state index contributed by atoms with van der Waals surface area (Å²) in [6.07, 6.45) is -7.82. The zero-order valence-electron chi connectivity index (χ0n) is 10.5. The Labute approximate surface area is 113 Å². The predicted molar refractivity (Wildman–Crippen MR) is 63.7 cm³/mol. The molecule has 0 aromatic heterocycles. The number of hydrogen-bond donors (Lipinski definition) is 2. The van der Waals surface area contributed by atoms with Crippen LogP contribution in [0.4, 0.5) is 17.6 Å². The largest absolute Gasteiger partial charge is 0.461 e. The molecule has 0 aliphatic heterocycles. The number of aliphatic hydroxyl groups excluding tert-OH is 1. The number of rotatable bonds is 6. The molecule has 1 aliphatic carbocycles. The maximum atomic E-state index is 13.0. The maximum Gasteiger partial charge on any atom is 0.461 e. The summed E-state index contributed by atoms with van der Waals surface area (Å²) in [5.74, 6) is -0.418. The van der Waals surface area contributed by atoms with E-state index in [1.165, 1.54) is 18.2 Å². The van der Waals surface area contributed by atoms with Crippen LogP contribution in [0.1, 0.15) is 24.4 Å². The minimum Gasteiger partial charge on any atom is -0.428 e. The first-order chi connectivity index (χ1) is 9.33. The molecule has 0 bridgehead atoms. The van der Waals surface area contributed by atoms with E-state index in [0.717, 1.165) is 18.9 Å². The smallest absolute Gasteiger partial charge is 0.428 e. The molecule has 20 heavy (non-hydrogen) atoms. The minimum atomic E-state index is -4.60. The normalized spacial score (nSPS) is 18.9. The van der Waals surface area contributed by atoms with Crippen molar-refractivity contribution in [2.75, 3.05) is 0 Å². The Kier molecular flexibility index (Phi) is 4.19. The number of nitrogens with two attached hydrogens (primary N) is 1. The van der Waals surface area contributed by atoms with E-state index in [0.29, 0.717) is 0 Å². The van der Waals surface area contributed by atoms with Crippen LogP contribution in [0.5, 0.6) is 5.75 Å². The van der Waals surface area contributed by atoms with Crippen molar-refractivity contribution in [3.63, 3.8) is 0 Å². The second-order valence-corrected chi connectivity index (χ2v) is 4.86. The van der Waals surface area contributed by atoms with E-state index in [-0.39, 0.29) is 11.5 Å². The van der Waals surface area contributed by atoms with Crippen LogP contribution in [0.25, 0.3) is 0 Å². The summed E-state index contributed by atoms with van der Waals surface area (Å²) in [5, 5.41) is 9.93. The Hall–Kier alpha value is -1.34. The Morgan fingerprint density at radius 1 is 1.25 bits per heavy atom. The van der Waals surface area contributed by atoms with Crippen molar-refractivity contribution < 1.29 is 27.4 Å². The highest BCUT2D eigenvalue weighted by atomic mass is 19.3. The Bertz CT molecular complexity index is 465. The number of alkyl halides is 4. The first kappa shape index (κ1) is 15.1. The van der Waals surface area contributed by atoms with Gasteiger partial charge in [0.05, 0.1) is 12.1 Å². The van der Waals surface area contributed by atoms with Gasteiger partial charge < -0.3 is 15.6 Å². The lowest BCUT2D eigenvalue weighted by Crippen LogP contribution is -2.35. The fourth-order valence-electron chi connectivity index (χ4n) is 1.95. The monoisotopic (exact) mass is 293 g/mol. The molecule has 0 amide bonds. The second-order valence-electron chi connectivity index (χ2n) is 4.86. The fraction of sp³-hybridized carbons (Fsp3) is 0.538. The highest BCUT2D eigenvalue weighted by Crippen LogP contribution is 2.40. The molecule has 1 aliphatic rings. The lowest BCUT2D eigenvalue weighted by Gasteiger charge is -2.24. The van der Waals surface area contributed by atoms with Crippen molar-refractivity contribution in [2.24, 2.45) is 11.7 Å². The van der Waals surface area contributed by atoms with Gasteiger partial charge in [-0.25, -0.2) is 0 Å². The van der Waals surface area contributed by atoms with Gasteiger partial charge in [-0.15, -0.1) is 0 Å². The standard InChI is InChI=1S/C13H15F4NO2/c14-12(15)13(16,17)20-9-4-2-1-3-8(9)10(18)11(19)7-5-6-7/h1-4,7,10-12,19H,5-6,18H2/t10-,11+/m1/s1. The van der Waals surface area contributed by atoms with E-state index in [1.807, 2.05) is 0 Å². The first-order valence-electron chi connectivity index (χ1n) is 6.20. The average molecular weight is 293 g/mol. The second kappa shape index (κ2) is 5.57. The van der Waals surface area contributed by atoms with Gasteiger partial charge in [-0.05, 0) is 24.8 Å². The van der Waals surface area contributed by atoms with E-state index in [1.54, 1.807) is 0 Å². The van der Waals surface area contributed by atoms with E-state index in [2.05, 4.69) is 4.74 Å². The lowest BCUT2D eigenvalue weighted by molar-refractivity contribution is -0.253. The summed E-state index contributed by atoms with van der Waals surface area (Å²) in [5.41, 5.74) is 5.90. The average Bonchev–Trinajstić information content (AvgIpc) is 3.21. The lowest BCUT2D eigenvalue weighted by atomic mass is 9.98. The van der Waals surface area contributed by atoms with Gasteiger partial charge in [-0.3, -0.25) is 0 Å². The maximum absolute atomic E-state index is 13.0. The van der Waals surface area contributed by atoms with Crippen molar-refractivity contribution in [3.8, 4) is 5.75 Å². The summed E-state index contributed by atoms with van der Waals surface area (Å²) in [6, 6.07) is 4.45. The van der Waals surface area contributed by atoms with Gasteiger partial charge >= 0.3 is 12.5 Å². The number of ether oxygens (including phenoxy) is 1. The van der Waals surface area contributed by atoms with Crippen molar-refractivity contribution in [1.29, 1.82) is 0 Å². The Balaban J connectivity index is 2.21. The molecule has 3 nitrogen and oxygen atoms in total. The number of halogens is 4. The van der Waals surface area contributed by atoms with Crippen molar-refractivity contribution in [3.05, 3.63) is 29.8 Å². The van der Waals surface area contributed by atoms with Crippen LogP contribution in [-0.4, -0.2) is 23.7 Å². The van der Waals surface area contributed by atoms with Crippen molar-refractivity contribution in [1.82, 2.24) is 0 Å². The van der Waals surface area contributed by atoms with Crippen LogP contribution in [-0.2, 0) is 0 Å². The summed E-state index contributed by atoms with van der Waals surface area (Å²) >= 11 is 0. The molecule has 112 valence electrons. The molecule has 0 radical (unpaired) electrons. The third kappa shape index (κ3) is 3.21. The van der Waals surface area contributed by atoms with Crippen LogP contribution < -0.4 is 10.5 Å². The molecule has 0 unspecified atom stereocenters. The quantitative estimate of drug-likeness (QED) is 0.793. The van der Waals surface area contributed by atoms with Crippen LogP contribution in [0, 0.1) is 5.92 Å². The Morgan fingerprint density at radius 3 is 2.40 bits per heavy atom. The van der Waals surface area contributed by atoms with Gasteiger partial charge in [-0.1, -0.05) is 18.2 Å². The van der Waals surface area contributed by atoms with Gasteiger partial charge in [-0.2, -0.15) is 17.6 Å². The van der Waals surface area contributed by atoms with Crippen molar-refractivity contribution in [2.45, 2.75) is 37.5 Å². The van der Waals surface area contributed by atoms with Gasteiger partial charge in [0.15, 0.2) is 0 Å². The first-order valence-corrected chi connectivity index (χ1v) is 6.20. The molecular formula is C13H15F4NO2. The molecule has 1 saturated carbocycles. The third-order valence-electron chi connectivity index (χ3n) is 3.25. The zero-order chi connectivity index (χ0) is 14.9. The topological polar surface area (TPSA) is 55.5 Å². The van der Waals surface area contributed by atoms with Gasteiger partial charge in [0.2, 0.25) is 0 Å². The minimum absolute atomic E-state index is 0.0219. The molecule has 3 N–H and O–H groups in total. The third-order valence-corrected chi connectivity index (χ3v) is 3.25. The van der Waals surface area contributed by atoms with Crippen LogP contribution in [0.3, 0.4) is 0 Å². The number of aliphatic hydroxyl groups is 1. The molecule has 2 atom stereocenters. The molecule has 1 aromatic carbocycles. The van der Waals surface area contributed by atoms with Crippen molar-refractivity contribution >= 4 is 0 Å². The van der Waals surface area contributed by atoms with Gasteiger partial charge in [0, 0.05) is 5.56 Å². The number of hydrogen-bond acceptors (Lipinski definition) is 3. The molecule has 2 rings (SSSR count). The predicted octanol–water partition coefficient (Wildman–Crippen LogP) is 2.69. The Morgan fingerprint density at radius 2 is 1.85 bits per heavy atom. The van der Waals surface area contributed by atoms with Crippen LogP contribution in [0.15, 0.2) is 24.3 Å².